The predicted molar refractivity (Wildman–Crippen MR) is 132 cm³/mol. The van der Waals surface area contributed by atoms with Gasteiger partial charge in [-0.1, -0.05) is 52.2 Å². The molecule has 3 rings (SSSR count). The molecule has 0 aliphatic carbocycles. The zero-order valence-electron chi connectivity index (χ0n) is 18.0. The van der Waals surface area contributed by atoms with Crippen molar-refractivity contribution in [2.45, 2.75) is 19.6 Å². The van der Waals surface area contributed by atoms with E-state index in [1.54, 1.807) is 37.3 Å². The Labute approximate surface area is 201 Å². The van der Waals surface area contributed by atoms with Crippen LogP contribution in [0.25, 0.3) is 0 Å². The molecule has 1 N–H and O–H groups in total. The molecular formula is C26H23BrN2O4. The molecule has 0 spiro atoms. The maximum absolute atomic E-state index is 12.3. The summed E-state index contributed by atoms with van der Waals surface area (Å²) in [4.78, 5) is 12.3. The van der Waals surface area contributed by atoms with Crippen LogP contribution in [0.3, 0.4) is 0 Å². The summed E-state index contributed by atoms with van der Waals surface area (Å²) < 4.78 is 17.8. The second-order valence-corrected chi connectivity index (χ2v) is 7.83. The smallest absolute Gasteiger partial charge is 0.280 e. The van der Waals surface area contributed by atoms with Gasteiger partial charge in [0.1, 0.15) is 30.5 Å². The summed E-state index contributed by atoms with van der Waals surface area (Å²) in [5.74, 6) is 3.85. The predicted octanol–water partition coefficient (Wildman–Crippen LogP) is 4.96. The fourth-order valence-electron chi connectivity index (χ4n) is 2.74. The van der Waals surface area contributed by atoms with E-state index in [0.29, 0.717) is 29.4 Å². The van der Waals surface area contributed by atoms with Crippen LogP contribution in [0.15, 0.2) is 82.4 Å². The van der Waals surface area contributed by atoms with Crippen molar-refractivity contribution in [2.75, 3.05) is 6.61 Å². The average molecular weight is 507 g/mol. The van der Waals surface area contributed by atoms with Crippen molar-refractivity contribution < 1.29 is 19.0 Å². The Balaban J connectivity index is 1.50. The van der Waals surface area contributed by atoms with E-state index < -0.39 is 12.0 Å². The summed E-state index contributed by atoms with van der Waals surface area (Å²) in [6.07, 6.45) is 5.98. The second kappa shape index (κ2) is 12.3. The van der Waals surface area contributed by atoms with Crippen LogP contribution in [0, 0.1) is 12.3 Å². The number of hydrazone groups is 1. The highest BCUT2D eigenvalue weighted by Gasteiger charge is 2.14. The molecule has 0 fully saturated rings. The third-order valence-electron chi connectivity index (χ3n) is 4.42. The second-order valence-electron chi connectivity index (χ2n) is 6.91. The van der Waals surface area contributed by atoms with Gasteiger partial charge in [0.15, 0.2) is 6.10 Å². The van der Waals surface area contributed by atoms with E-state index in [0.717, 1.165) is 10.0 Å². The number of hydrogen-bond acceptors (Lipinski definition) is 5. The molecular weight excluding hydrogens is 484 g/mol. The molecule has 0 heterocycles. The van der Waals surface area contributed by atoms with Gasteiger partial charge >= 0.3 is 0 Å². The first-order chi connectivity index (χ1) is 16.0. The first kappa shape index (κ1) is 23.9. The van der Waals surface area contributed by atoms with E-state index in [4.69, 9.17) is 20.6 Å². The normalized spacial score (nSPS) is 11.4. The van der Waals surface area contributed by atoms with E-state index in [1.165, 1.54) is 6.21 Å². The van der Waals surface area contributed by atoms with Crippen molar-refractivity contribution in [1.29, 1.82) is 0 Å². The van der Waals surface area contributed by atoms with Crippen LogP contribution in [0.2, 0.25) is 0 Å². The zero-order chi connectivity index (χ0) is 23.5. The highest BCUT2D eigenvalue weighted by molar-refractivity contribution is 9.10. The Morgan fingerprint density at radius 1 is 1.09 bits per heavy atom. The SMILES string of the molecule is C#CCOc1ccc(Br)cc1/C=N\NC(=O)[C@@H](C)Oc1ccc(OCc2ccccc2)cc1. The number of amides is 1. The monoisotopic (exact) mass is 506 g/mol. The molecule has 1 atom stereocenters. The average Bonchev–Trinajstić information content (AvgIpc) is 2.83. The van der Waals surface area contributed by atoms with E-state index in [2.05, 4.69) is 32.4 Å². The van der Waals surface area contributed by atoms with Gasteiger partial charge in [-0.05, 0) is 55.0 Å². The van der Waals surface area contributed by atoms with Gasteiger partial charge in [0.05, 0.1) is 6.21 Å². The van der Waals surface area contributed by atoms with Gasteiger partial charge in [-0.2, -0.15) is 5.10 Å². The van der Waals surface area contributed by atoms with Crippen LogP contribution < -0.4 is 19.6 Å². The molecule has 1 amide bonds. The van der Waals surface area contributed by atoms with E-state index >= 15 is 0 Å². The van der Waals surface area contributed by atoms with Gasteiger partial charge in [0.2, 0.25) is 0 Å². The Morgan fingerprint density at radius 2 is 1.82 bits per heavy atom. The lowest BCUT2D eigenvalue weighted by molar-refractivity contribution is -0.127. The van der Waals surface area contributed by atoms with Crippen molar-refractivity contribution in [3.63, 3.8) is 0 Å². The summed E-state index contributed by atoms with van der Waals surface area (Å²) in [5, 5.41) is 4.00. The van der Waals surface area contributed by atoms with Gasteiger partial charge in [-0.15, -0.1) is 6.42 Å². The Hall–Kier alpha value is -3.76. The molecule has 3 aromatic rings. The lowest BCUT2D eigenvalue weighted by Crippen LogP contribution is -2.33. The molecule has 7 heteroatoms. The first-order valence-electron chi connectivity index (χ1n) is 10.2. The summed E-state index contributed by atoms with van der Waals surface area (Å²) in [6, 6.07) is 22.4. The van der Waals surface area contributed by atoms with Crippen LogP contribution in [0.4, 0.5) is 0 Å². The van der Waals surface area contributed by atoms with E-state index in [1.807, 2.05) is 42.5 Å². The summed E-state index contributed by atoms with van der Waals surface area (Å²) in [6.45, 7) is 2.26. The van der Waals surface area contributed by atoms with Crippen molar-refractivity contribution in [3.8, 4) is 29.6 Å². The van der Waals surface area contributed by atoms with Crippen molar-refractivity contribution >= 4 is 28.1 Å². The molecule has 0 aliphatic heterocycles. The molecule has 0 aliphatic rings. The third kappa shape index (κ3) is 7.70. The molecule has 0 saturated heterocycles. The van der Waals surface area contributed by atoms with Gasteiger partial charge < -0.3 is 14.2 Å². The van der Waals surface area contributed by atoms with E-state index in [9.17, 15) is 4.79 Å². The number of carbonyl (C=O) groups excluding carboxylic acids is 1. The quantitative estimate of drug-likeness (QED) is 0.239. The largest absolute Gasteiger partial charge is 0.489 e. The molecule has 168 valence electrons. The van der Waals surface area contributed by atoms with Crippen LogP contribution in [0.1, 0.15) is 18.1 Å². The summed E-state index contributed by atoms with van der Waals surface area (Å²) >= 11 is 3.40. The zero-order valence-corrected chi connectivity index (χ0v) is 19.6. The number of nitrogens with one attached hydrogen (secondary N) is 1. The van der Waals surface area contributed by atoms with Gasteiger partial charge in [0, 0.05) is 10.0 Å². The topological polar surface area (TPSA) is 69.2 Å². The fraction of sp³-hybridized carbons (Fsp3) is 0.154. The summed E-state index contributed by atoms with van der Waals surface area (Å²) in [5.41, 5.74) is 4.22. The number of benzene rings is 3. The number of nitrogens with zero attached hydrogens (tertiary/aromatic N) is 1. The van der Waals surface area contributed by atoms with Crippen LogP contribution >= 0.6 is 15.9 Å². The fourth-order valence-corrected chi connectivity index (χ4v) is 3.12. The van der Waals surface area contributed by atoms with Crippen molar-refractivity contribution in [3.05, 3.63) is 88.4 Å². The van der Waals surface area contributed by atoms with Crippen molar-refractivity contribution in [2.24, 2.45) is 5.10 Å². The number of ether oxygens (including phenoxy) is 3. The van der Waals surface area contributed by atoms with Crippen molar-refractivity contribution in [1.82, 2.24) is 5.43 Å². The number of halogens is 1. The van der Waals surface area contributed by atoms with Gasteiger partial charge in [-0.25, -0.2) is 5.43 Å². The summed E-state index contributed by atoms with van der Waals surface area (Å²) in [7, 11) is 0. The van der Waals surface area contributed by atoms with Crippen LogP contribution in [-0.4, -0.2) is 24.8 Å². The molecule has 3 aromatic carbocycles. The molecule has 33 heavy (non-hydrogen) atoms. The Morgan fingerprint density at radius 3 is 2.55 bits per heavy atom. The molecule has 6 nitrogen and oxygen atoms in total. The minimum atomic E-state index is -0.752. The van der Waals surface area contributed by atoms with Crippen LogP contribution in [0.5, 0.6) is 17.2 Å². The standard InChI is InChI=1S/C26H23BrN2O4/c1-3-15-31-25-14-9-22(27)16-21(25)17-28-29-26(30)19(2)33-24-12-10-23(11-13-24)32-18-20-7-5-4-6-8-20/h1,4-14,16-17,19H,15,18H2,2H3,(H,29,30)/b28-17-/t19-/m1/s1. The molecule has 0 bridgehead atoms. The number of hydrogen-bond donors (Lipinski definition) is 1. The van der Waals surface area contributed by atoms with E-state index in [-0.39, 0.29) is 6.61 Å². The Bertz CT molecular complexity index is 1130. The lowest BCUT2D eigenvalue weighted by Gasteiger charge is -2.13. The maximum Gasteiger partial charge on any atom is 0.280 e. The highest BCUT2D eigenvalue weighted by atomic mass is 79.9. The highest BCUT2D eigenvalue weighted by Crippen LogP contribution is 2.22. The maximum atomic E-state index is 12.3. The number of rotatable bonds is 10. The minimum Gasteiger partial charge on any atom is -0.489 e. The Kier molecular flexibility index (Phi) is 8.92. The first-order valence-corrected chi connectivity index (χ1v) is 11.0. The number of carbonyl (C=O) groups is 1. The molecule has 0 radical (unpaired) electrons. The molecule has 0 aromatic heterocycles. The molecule has 0 unspecified atom stereocenters. The van der Waals surface area contributed by atoms with Gasteiger partial charge in [-0.3, -0.25) is 4.79 Å². The lowest BCUT2D eigenvalue weighted by atomic mass is 10.2. The van der Waals surface area contributed by atoms with Gasteiger partial charge in [0.25, 0.3) is 5.91 Å². The molecule has 0 saturated carbocycles. The number of terminal acetylenes is 1. The minimum absolute atomic E-state index is 0.135. The van der Waals surface area contributed by atoms with Crippen LogP contribution in [-0.2, 0) is 11.4 Å². The third-order valence-corrected chi connectivity index (χ3v) is 4.91.